The molecule has 0 aliphatic rings. The maximum absolute atomic E-state index is 3.50. The minimum atomic E-state index is 0.908. The average Bonchev–Trinajstić information content (AvgIpc) is 1.60. The predicted octanol–water partition coefficient (Wildman–Crippen LogP) is 28.2. The molecule has 0 fully saturated rings. The number of benzene rings is 15. The fourth-order valence-corrected chi connectivity index (χ4v) is 16.4. The molecule has 3 aromatic heterocycles. The van der Waals surface area contributed by atoms with Crippen LogP contribution in [0.3, 0.4) is 0 Å². The number of fused-ring (bicyclic) bond motifs is 9. The quantitative estimate of drug-likeness (QED) is 0.0248. The molecular formula is C108H108N12. The van der Waals surface area contributed by atoms with Gasteiger partial charge in [0.25, 0.3) is 0 Å². The van der Waals surface area contributed by atoms with Crippen LogP contribution in [0.4, 0.5) is 51.2 Å². The Labute approximate surface area is 706 Å². The van der Waals surface area contributed by atoms with E-state index < -0.39 is 0 Å². The second kappa shape index (κ2) is 37.0. The number of nitrogens with one attached hydrogen (secondary N) is 9. The Morgan fingerprint density at radius 2 is 0.333 bits per heavy atom. The Morgan fingerprint density at radius 1 is 0.175 bits per heavy atom. The second-order valence-electron chi connectivity index (χ2n) is 30.6. The minimum absolute atomic E-state index is 0.908. The summed E-state index contributed by atoms with van der Waals surface area (Å²) in [5.41, 5.74) is 35.6. The van der Waals surface area contributed by atoms with Gasteiger partial charge >= 0.3 is 0 Å². The van der Waals surface area contributed by atoms with Crippen LogP contribution in [0.1, 0.15) is 60.8 Å². The van der Waals surface area contributed by atoms with E-state index in [1.807, 2.05) is 21.1 Å². The van der Waals surface area contributed by atoms with Crippen LogP contribution in [0.25, 0.3) is 149 Å². The van der Waals surface area contributed by atoms with Crippen LogP contribution in [0.2, 0.25) is 0 Å². The first-order valence-corrected chi connectivity index (χ1v) is 42.7. The molecule has 12 nitrogen and oxygen atoms in total. The zero-order valence-electron chi connectivity index (χ0n) is 70.4. The van der Waals surface area contributed by atoms with Crippen LogP contribution in [-0.4, -0.2) is 74.1 Å². The Hall–Kier alpha value is -14.1. The zero-order valence-corrected chi connectivity index (χ0v) is 70.4. The molecule has 0 aliphatic heterocycles. The summed E-state index contributed by atoms with van der Waals surface area (Å²) in [6.07, 6.45) is 3.33. The summed E-state index contributed by atoms with van der Waals surface area (Å²) in [4.78, 5) is 0. The Morgan fingerprint density at radius 3 is 0.508 bits per heavy atom. The molecule has 600 valence electrons. The van der Waals surface area contributed by atoms with Crippen molar-refractivity contribution in [2.45, 2.75) is 60.8 Å². The molecule has 18 aromatic rings. The van der Waals surface area contributed by atoms with Crippen molar-refractivity contribution < 1.29 is 0 Å². The molecule has 12 heteroatoms. The van der Waals surface area contributed by atoms with Crippen LogP contribution in [-0.2, 0) is 0 Å². The third-order valence-electron chi connectivity index (χ3n) is 22.7. The third kappa shape index (κ3) is 17.2. The van der Waals surface area contributed by atoms with Gasteiger partial charge in [-0.3, -0.25) is 0 Å². The molecule has 120 heavy (non-hydrogen) atoms. The van der Waals surface area contributed by atoms with Gasteiger partial charge in [-0.2, -0.15) is 0 Å². The highest BCUT2D eigenvalue weighted by atomic mass is 15.0. The SMILES string of the molecule is CCCNc1ccc(-c2ccc3c(c2)c2cc(-c4ccc(NCCC)cc4)ccc2n3-c2ccc(NCCC)cc2)cc1.CCNc1ccc(-c2ccc3c(c2)c2cc(-c4ccc(NCC)cc4)ccc2n3-c2ccc(NCC)cc2)cc1.CNc1ccc(-c2ccc3c(c2)c2cc(-c4ccc(NC)cc4)ccc2n3-c2ccc(NC)cc2)cc1. The van der Waals surface area contributed by atoms with Gasteiger partial charge in [0.05, 0.1) is 33.1 Å². The second-order valence-corrected chi connectivity index (χ2v) is 30.6. The van der Waals surface area contributed by atoms with Crippen LogP contribution >= 0.6 is 0 Å². The van der Waals surface area contributed by atoms with E-state index in [0.717, 1.165) is 110 Å². The molecule has 0 saturated heterocycles. The summed E-state index contributed by atoms with van der Waals surface area (Å²) >= 11 is 0. The number of hydrogen-bond donors (Lipinski definition) is 9. The van der Waals surface area contributed by atoms with Gasteiger partial charge in [0.2, 0.25) is 0 Å². The molecule has 0 spiro atoms. The van der Waals surface area contributed by atoms with Gasteiger partial charge in [0.15, 0.2) is 0 Å². The van der Waals surface area contributed by atoms with Crippen LogP contribution in [0.15, 0.2) is 328 Å². The van der Waals surface area contributed by atoms with Crippen LogP contribution in [0.5, 0.6) is 0 Å². The highest BCUT2D eigenvalue weighted by molar-refractivity contribution is 6.14. The molecule has 18 rings (SSSR count). The molecule has 0 amide bonds. The van der Waals surface area contributed by atoms with Gasteiger partial charge in [0.1, 0.15) is 0 Å². The molecule has 0 saturated carbocycles. The van der Waals surface area contributed by atoms with E-state index in [1.165, 1.54) is 149 Å². The monoisotopic (exact) mass is 1570 g/mol. The van der Waals surface area contributed by atoms with Gasteiger partial charge in [0, 0.05) is 161 Å². The van der Waals surface area contributed by atoms with Crippen LogP contribution in [0, 0.1) is 0 Å². The molecular weight excluding hydrogens is 1470 g/mol. The minimum Gasteiger partial charge on any atom is -0.388 e. The first-order chi connectivity index (χ1) is 59.0. The lowest BCUT2D eigenvalue weighted by molar-refractivity contribution is 0.979. The van der Waals surface area contributed by atoms with E-state index in [-0.39, 0.29) is 0 Å². The van der Waals surface area contributed by atoms with Crippen molar-refractivity contribution in [2.75, 3.05) is 108 Å². The van der Waals surface area contributed by atoms with Crippen molar-refractivity contribution in [2.24, 2.45) is 0 Å². The fourth-order valence-electron chi connectivity index (χ4n) is 16.4. The van der Waals surface area contributed by atoms with Crippen LogP contribution < -0.4 is 47.9 Å². The molecule has 3 heterocycles. The van der Waals surface area contributed by atoms with E-state index in [1.54, 1.807) is 0 Å². The van der Waals surface area contributed by atoms with Crippen molar-refractivity contribution in [3.8, 4) is 83.8 Å². The lowest BCUT2D eigenvalue weighted by Gasteiger charge is -2.11. The van der Waals surface area contributed by atoms with Crippen molar-refractivity contribution in [3.63, 3.8) is 0 Å². The number of hydrogen-bond acceptors (Lipinski definition) is 9. The van der Waals surface area contributed by atoms with E-state index in [9.17, 15) is 0 Å². The Balaban J connectivity index is 0.000000134. The lowest BCUT2D eigenvalue weighted by Crippen LogP contribution is -2.00. The molecule has 0 aliphatic carbocycles. The van der Waals surface area contributed by atoms with E-state index in [2.05, 4.69) is 431 Å². The Bertz CT molecular complexity index is 6180. The molecule has 0 bridgehead atoms. The average molecular weight is 1570 g/mol. The highest BCUT2D eigenvalue weighted by Crippen LogP contribution is 2.43. The molecule has 0 atom stereocenters. The Kier molecular flexibility index (Phi) is 24.6. The van der Waals surface area contributed by atoms with Gasteiger partial charge in [-0.1, -0.05) is 130 Å². The first-order valence-electron chi connectivity index (χ1n) is 42.7. The maximum atomic E-state index is 3.50. The van der Waals surface area contributed by atoms with Crippen molar-refractivity contribution in [3.05, 3.63) is 328 Å². The largest absolute Gasteiger partial charge is 0.388 e. The lowest BCUT2D eigenvalue weighted by atomic mass is 10.00. The molecule has 15 aromatic carbocycles. The number of nitrogens with zero attached hydrogens (tertiary/aromatic N) is 3. The standard InChI is InChI=1S/C39H42N4.C36H36N4.C33H30N4/c1-4-23-40-32-13-7-28(8-14-32)30-11-21-38-36(26-30)37-27-31(29-9-15-33(16-10-29)41-24-5-2)12-22-39(37)43(38)35-19-17-34(18-20-35)42-25-6-3;1-4-37-29-13-7-25(8-14-29)27-11-21-35-33(23-27)34-24-28(26-9-15-30(16-10-26)38-5-2)12-22-36(34)40(35)32-19-17-31(18-20-32)39-6-3;1-34-26-10-4-22(5-11-26)24-8-18-32-30(20-24)31-21-25(23-6-12-27(35-2)13-7-23)9-19-33(31)37(32)29-16-14-28(36-3)15-17-29/h7-22,26-27,40-42H,4-6,23-25H2,1-3H3;7-24,37-39H,4-6H2,1-3H3;4-21,34-36H,1-3H3. The van der Waals surface area contributed by atoms with E-state index >= 15 is 0 Å². The first kappa shape index (κ1) is 79.7. The van der Waals surface area contributed by atoms with Gasteiger partial charge in [-0.05, 0) is 325 Å². The summed E-state index contributed by atoms with van der Waals surface area (Å²) in [6, 6.07) is 120. The van der Waals surface area contributed by atoms with Gasteiger partial charge in [-0.15, -0.1) is 0 Å². The third-order valence-corrected chi connectivity index (χ3v) is 22.7. The zero-order chi connectivity index (χ0) is 82.4. The van der Waals surface area contributed by atoms with Gasteiger partial charge in [-0.25, -0.2) is 0 Å². The summed E-state index contributed by atoms with van der Waals surface area (Å²) in [7, 11) is 5.84. The summed E-state index contributed by atoms with van der Waals surface area (Å²) in [6.45, 7) is 18.6. The fraction of sp³-hybridized carbons (Fsp3) is 0.167. The topological polar surface area (TPSA) is 123 Å². The molecule has 9 N–H and O–H groups in total. The van der Waals surface area contributed by atoms with E-state index in [4.69, 9.17) is 0 Å². The summed E-state index contributed by atoms with van der Waals surface area (Å²) in [5, 5.41) is 37.8. The number of anilines is 9. The van der Waals surface area contributed by atoms with Crippen molar-refractivity contribution >= 4 is 117 Å². The summed E-state index contributed by atoms with van der Waals surface area (Å²) < 4.78 is 7.15. The predicted molar refractivity (Wildman–Crippen MR) is 522 cm³/mol. The maximum Gasteiger partial charge on any atom is 0.0541 e. The highest BCUT2D eigenvalue weighted by Gasteiger charge is 2.20. The van der Waals surface area contributed by atoms with Gasteiger partial charge < -0.3 is 61.6 Å². The number of rotatable bonds is 27. The van der Waals surface area contributed by atoms with E-state index in [0.29, 0.717) is 0 Å². The smallest absolute Gasteiger partial charge is 0.0541 e. The van der Waals surface area contributed by atoms with Crippen molar-refractivity contribution in [1.29, 1.82) is 0 Å². The molecule has 0 radical (unpaired) electrons. The number of aromatic nitrogens is 3. The molecule has 0 unspecified atom stereocenters. The van der Waals surface area contributed by atoms with Crippen molar-refractivity contribution in [1.82, 2.24) is 13.7 Å². The summed E-state index contributed by atoms with van der Waals surface area (Å²) in [5.74, 6) is 0. The normalized spacial score (nSPS) is 11.2.